The molecule has 34 heavy (non-hydrogen) atoms. The summed E-state index contributed by atoms with van der Waals surface area (Å²) < 4.78 is 92.2. The van der Waals surface area contributed by atoms with Crippen molar-refractivity contribution in [3.8, 4) is 11.8 Å². The molecule has 9 nitrogen and oxygen atoms in total. The maximum absolute atomic E-state index is 13.2. The molecule has 0 saturated carbocycles. The van der Waals surface area contributed by atoms with Gasteiger partial charge in [-0.3, -0.25) is 14.3 Å². The molecular weight excluding hydrogens is 552 g/mol. The minimum absolute atomic E-state index is 0.0644. The summed E-state index contributed by atoms with van der Waals surface area (Å²) in [4.78, 5) is 5.40. The Labute approximate surface area is 199 Å². The van der Waals surface area contributed by atoms with Crippen LogP contribution in [0.5, 0.6) is 0 Å². The molecule has 0 amide bonds. The number of hydrogen-bond donors (Lipinski definition) is 1. The molecule has 0 radical (unpaired) electrons. The third-order valence-electron chi connectivity index (χ3n) is 4.22. The summed E-state index contributed by atoms with van der Waals surface area (Å²) in [5.41, 5.74) is 4.54. The zero-order chi connectivity index (χ0) is 25.8. The molecule has 2 heterocycles. The first kappa shape index (κ1) is 25.7. The Morgan fingerprint density at radius 3 is 2.21 bits per heavy atom. The highest BCUT2D eigenvalue weighted by Crippen LogP contribution is 3.02. The van der Waals surface area contributed by atoms with Crippen molar-refractivity contribution in [1.82, 2.24) is 19.7 Å². The Bertz CT molecular complexity index is 1420. The number of halogens is 7. The first-order valence-electron chi connectivity index (χ1n) is 8.58. The van der Waals surface area contributed by atoms with E-state index in [4.69, 9.17) is 28.9 Å². The van der Waals surface area contributed by atoms with Gasteiger partial charge in [0.25, 0.3) is 0 Å². The van der Waals surface area contributed by atoms with Crippen molar-refractivity contribution in [1.29, 1.82) is 5.26 Å². The van der Waals surface area contributed by atoms with E-state index in [1.807, 2.05) is 0 Å². The minimum atomic E-state index is -10.1. The Hall–Kier alpha value is -2.87. The fourth-order valence-electron chi connectivity index (χ4n) is 2.80. The normalized spacial score (nSPS) is 14.2. The molecule has 0 spiro atoms. The lowest BCUT2D eigenvalue weighted by molar-refractivity contribution is 0.364. The first-order chi connectivity index (χ1) is 15.3. The number of benzene rings is 1. The number of hydrogen-bond acceptors (Lipinski definition) is 7. The molecule has 1 aromatic carbocycles. The fourth-order valence-corrected chi connectivity index (χ4v) is 5.14. The van der Waals surface area contributed by atoms with Crippen LogP contribution >= 0.6 is 33.4 Å². The molecule has 184 valence electrons. The van der Waals surface area contributed by atoms with Crippen LogP contribution in [0.15, 0.2) is 35.6 Å². The zero-order valence-corrected chi connectivity index (χ0v) is 19.8. The van der Waals surface area contributed by atoms with Crippen LogP contribution in [0.2, 0.25) is 10.0 Å². The maximum Gasteiger partial charge on any atom is 0.310 e. The summed E-state index contributed by atoms with van der Waals surface area (Å²) in [5, 5.41) is 11.4. The molecule has 0 unspecified atom stereocenters. The van der Waals surface area contributed by atoms with E-state index < -0.39 is 64.6 Å². The van der Waals surface area contributed by atoms with Gasteiger partial charge in [0.1, 0.15) is 22.3 Å². The molecule has 0 aliphatic heterocycles. The summed E-state index contributed by atoms with van der Waals surface area (Å²) in [6, 6.07) is 1.49. The second kappa shape index (κ2) is 7.57. The van der Waals surface area contributed by atoms with Crippen molar-refractivity contribution in [3.63, 3.8) is 0 Å². The molecular formula is C16H12Cl2F5N7O2S2. The molecule has 0 atom stereocenters. The van der Waals surface area contributed by atoms with E-state index in [1.54, 1.807) is 6.07 Å². The molecule has 18 heteroatoms. The lowest BCUT2D eigenvalue weighted by Gasteiger charge is -2.40. The van der Waals surface area contributed by atoms with Crippen LogP contribution in [0, 0.1) is 11.3 Å². The van der Waals surface area contributed by atoms with Gasteiger partial charge < -0.3 is 5.73 Å². The summed E-state index contributed by atoms with van der Waals surface area (Å²) in [6.07, 6.45) is 4.66. The van der Waals surface area contributed by atoms with Gasteiger partial charge in [-0.2, -0.15) is 10.4 Å². The van der Waals surface area contributed by atoms with Gasteiger partial charge in [-0.15, -0.1) is 0 Å². The predicted octanol–water partition coefficient (Wildman–Crippen LogP) is 5.05. The summed E-state index contributed by atoms with van der Waals surface area (Å²) in [6.45, 7) is -0.443. The average Bonchev–Trinajstić information content (AvgIpc) is 2.99. The average molecular weight is 564 g/mol. The van der Waals surface area contributed by atoms with Crippen LogP contribution in [0.4, 0.5) is 30.9 Å². The van der Waals surface area contributed by atoms with Crippen LogP contribution < -0.4 is 10.0 Å². The van der Waals surface area contributed by atoms with Gasteiger partial charge >= 0.3 is 10.2 Å². The standard InChI is InChI=1S/C16H12Cl2F5N7O2S2/c1-33(31,32)29(8-9-7-26-2-3-27-9)15-13(6-24)28-30(16(15)25)14-11(17)4-10(5-12(14)18)34(19,20,21,22)23/h2-5,7H,8,25H2,1H3. The summed E-state index contributed by atoms with van der Waals surface area (Å²) in [5.74, 6) is -0.574. The second-order valence-corrected chi connectivity index (χ2v) is 11.9. The van der Waals surface area contributed by atoms with Crippen LogP contribution in [-0.2, 0) is 16.6 Å². The number of nitrogen functional groups attached to an aromatic ring is 1. The van der Waals surface area contributed by atoms with E-state index in [0.717, 1.165) is 6.26 Å². The molecule has 2 N–H and O–H groups in total. The summed E-state index contributed by atoms with van der Waals surface area (Å²) >= 11 is 11.7. The fraction of sp³-hybridized carbons (Fsp3) is 0.125. The Kier molecular flexibility index (Phi) is 5.73. The van der Waals surface area contributed by atoms with Gasteiger partial charge in [0.2, 0.25) is 10.0 Å². The van der Waals surface area contributed by atoms with E-state index in [1.165, 1.54) is 18.6 Å². The zero-order valence-electron chi connectivity index (χ0n) is 16.6. The van der Waals surface area contributed by atoms with Crippen molar-refractivity contribution in [2.75, 3.05) is 16.3 Å². The van der Waals surface area contributed by atoms with Gasteiger partial charge in [0.05, 0.1) is 34.7 Å². The Morgan fingerprint density at radius 2 is 1.76 bits per heavy atom. The Morgan fingerprint density at radius 1 is 1.18 bits per heavy atom. The molecule has 0 aliphatic carbocycles. The molecule has 0 bridgehead atoms. The van der Waals surface area contributed by atoms with Crippen LogP contribution in [0.25, 0.3) is 5.69 Å². The SMILES string of the molecule is CS(=O)(=O)N(Cc1cnccn1)c1c(C#N)nn(-c2c(Cl)cc(S(F)(F)(F)(F)F)cc2Cl)c1N. The van der Waals surface area contributed by atoms with E-state index in [-0.39, 0.29) is 17.8 Å². The molecule has 3 rings (SSSR count). The number of nitriles is 1. The lowest BCUT2D eigenvalue weighted by Crippen LogP contribution is -2.30. The first-order valence-corrected chi connectivity index (χ1v) is 13.1. The van der Waals surface area contributed by atoms with Gasteiger partial charge in [-0.05, 0) is 12.1 Å². The van der Waals surface area contributed by atoms with E-state index in [0.29, 0.717) is 8.99 Å². The largest absolute Gasteiger partial charge is 0.382 e. The smallest absolute Gasteiger partial charge is 0.310 e. The monoisotopic (exact) mass is 563 g/mol. The Balaban J connectivity index is 2.25. The van der Waals surface area contributed by atoms with Gasteiger partial charge in [0, 0.05) is 12.4 Å². The highest BCUT2D eigenvalue weighted by Gasteiger charge is 2.65. The topological polar surface area (TPSA) is 131 Å². The minimum Gasteiger partial charge on any atom is -0.382 e. The summed E-state index contributed by atoms with van der Waals surface area (Å²) in [7, 11) is -14.3. The molecule has 2 aromatic heterocycles. The van der Waals surface area contributed by atoms with E-state index in [9.17, 15) is 33.1 Å². The lowest BCUT2D eigenvalue weighted by atomic mass is 10.3. The maximum atomic E-state index is 13.2. The second-order valence-electron chi connectivity index (χ2n) is 6.78. The molecule has 0 saturated heterocycles. The third kappa shape index (κ3) is 5.12. The van der Waals surface area contributed by atoms with Crippen molar-refractivity contribution >= 4 is 55.0 Å². The van der Waals surface area contributed by atoms with E-state index in [2.05, 4.69) is 15.1 Å². The van der Waals surface area contributed by atoms with Crippen LogP contribution in [-0.4, -0.2) is 34.4 Å². The van der Waals surface area contributed by atoms with Crippen LogP contribution in [0.3, 0.4) is 0 Å². The quantitative estimate of drug-likeness (QED) is 0.415. The van der Waals surface area contributed by atoms with Gasteiger partial charge in [-0.1, -0.05) is 42.6 Å². The molecule has 0 fully saturated rings. The highest BCUT2D eigenvalue weighted by molar-refractivity contribution is 8.45. The predicted molar refractivity (Wildman–Crippen MR) is 117 cm³/mol. The number of nitrogens with two attached hydrogens (primary N) is 1. The van der Waals surface area contributed by atoms with Crippen molar-refractivity contribution in [2.24, 2.45) is 0 Å². The molecule has 0 aliphatic rings. The number of anilines is 2. The number of rotatable bonds is 6. The number of aromatic nitrogens is 4. The van der Waals surface area contributed by atoms with Crippen molar-refractivity contribution in [2.45, 2.75) is 11.4 Å². The van der Waals surface area contributed by atoms with Crippen LogP contribution in [0.1, 0.15) is 11.4 Å². The third-order valence-corrected chi connectivity index (χ3v) is 7.04. The number of sulfonamides is 1. The number of nitrogens with zero attached hydrogens (tertiary/aromatic N) is 6. The van der Waals surface area contributed by atoms with Crippen molar-refractivity contribution < 1.29 is 27.8 Å². The highest BCUT2D eigenvalue weighted by atomic mass is 35.5. The van der Waals surface area contributed by atoms with Gasteiger partial charge in [0.15, 0.2) is 11.5 Å². The van der Waals surface area contributed by atoms with Crippen molar-refractivity contribution in [3.05, 3.63) is 52.2 Å². The van der Waals surface area contributed by atoms with Gasteiger partial charge in [-0.25, -0.2) is 13.1 Å². The molecule has 3 aromatic rings. The van der Waals surface area contributed by atoms with E-state index >= 15 is 0 Å².